The Morgan fingerprint density at radius 2 is 1.81 bits per heavy atom. The van der Waals surface area contributed by atoms with E-state index in [1.807, 2.05) is 69.4 Å². The van der Waals surface area contributed by atoms with Gasteiger partial charge in [-0.05, 0) is 81.6 Å². The number of hydrogen-bond acceptors (Lipinski definition) is 5. The van der Waals surface area contributed by atoms with E-state index in [0.29, 0.717) is 11.1 Å². The highest BCUT2D eigenvalue weighted by molar-refractivity contribution is 6.31. The Morgan fingerprint density at radius 3 is 2.56 bits per heavy atom. The summed E-state index contributed by atoms with van der Waals surface area (Å²) in [6.07, 6.45) is 3.97. The van der Waals surface area contributed by atoms with Gasteiger partial charge in [-0.15, -0.1) is 0 Å². The number of amides is 1. The number of benzene rings is 2. The molecule has 36 heavy (non-hydrogen) atoms. The fraction of sp³-hybridized carbons (Fsp3) is 0.379. The largest absolute Gasteiger partial charge is 0.384 e. The minimum absolute atomic E-state index is 0.0394. The number of hydrogen-bond donors (Lipinski definition) is 2. The molecule has 0 radical (unpaired) electrons. The lowest BCUT2D eigenvalue weighted by Crippen LogP contribution is -2.40. The number of halogens is 1. The molecule has 0 bridgehead atoms. The summed E-state index contributed by atoms with van der Waals surface area (Å²) in [6.45, 7) is 9.30. The van der Waals surface area contributed by atoms with E-state index in [2.05, 4.69) is 16.7 Å². The van der Waals surface area contributed by atoms with Crippen LogP contribution in [0.4, 0.5) is 17.1 Å². The summed E-state index contributed by atoms with van der Waals surface area (Å²) in [4.78, 5) is 20.5. The van der Waals surface area contributed by atoms with Crippen LogP contribution in [-0.2, 0) is 14.9 Å². The molecule has 2 aliphatic rings. The minimum atomic E-state index is -0.818. The molecule has 0 aliphatic carbocycles. The fourth-order valence-corrected chi connectivity index (χ4v) is 5.22. The minimum Gasteiger partial charge on any atom is -0.384 e. The monoisotopic (exact) mass is 504 g/mol. The quantitative estimate of drug-likeness (QED) is 0.412. The summed E-state index contributed by atoms with van der Waals surface area (Å²) >= 11 is 6.44. The molecule has 3 aromatic rings. The number of anilines is 3. The number of carbonyl (C=O) groups excluding carboxylic acids is 1. The van der Waals surface area contributed by atoms with Crippen molar-refractivity contribution in [2.75, 3.05) is 36.5 Å². The highest BCUT2D eigenvalue weighted by Gasteiger charge is 2.42. The molecule has 2 aliphatic heterocycles. The molecule has 188 valence electrons. The second-order valence-corrected chi connectivity index (χ2v) is 10.6. The number of aromatic nitrogens is 1. The lowest BCUT2D eigenvalue weighted by Gasteiger charge is -2.30. The third kappa shape index (κ3) is 4.85. The zero-order valence-corrected chi connectivity index (χ0v) is 21.9. The summed E-state index contributed by atoms with van der Waals surface area (Å²) in [7, 11) is 0. The van der Waals surface area contributed by atoms with Crippen LogP contribution in [0.25, 0.3) is 11.1 Å². The predicted molar refractivity (Wildman–Crippen MR) is 146 cm³/mol. The van der Waals surface area contributed by atoms with Gasteiger partial charge in [-0.2, -0.15) is 0 Å². The third-order valence-electron chi connectivity index (χ3n) is 7.08. The zero-order valence-electron chi connectivity index (χ0n) is 21.1. The molecule has 1 saturated heterocycles. The Balaban J connectivity index is 1.41. The van der Waals surface area contributed by atoms with Crippen LogP contribution in [0.5, 0.6) is 0 Å². The Bertz CT molecular complexity index is 1250. The van der Waals surface area contributed by atoms with Gasteiger partial charge in [0.1, 0.15) is 0 Å². The number of nitrogens with one attached hydrogen (secondary N) is 2. The van der Waals surface area contributed by atoms with Gasteiger partial charge in [-0.25, -0.2) is 0 Å². The molecule has 1 amide bonds. The molecular weight excluding hydrogens is 472 g/mol. The molecule has 3 heterocycles. The lowest BCUT2D eigenvalue weighted by atomic mass is 9.84. The number of fused-ring (bicyclic) bond motifs is 3. The Hall–Kier alpha value is -2.93. The van der Waals surface area contributed by atoms with E-state index in [1.54, 1.807) is 4.90 Å². The van der Waals surface area contributed by atoms with Gasteiger partial charge in [0.15, 0.2) is 0 Å². The van der Waals surface area contributed by atoms with E-state index >= 15 is 0 Å². The first-order valence-corrected chi connectivity index (χ1v) is 13.0. The van der Waals surface area contributed by atoms with Gasteiger partial charge >= 0.3 is 0 Å². The average Bonchev–Trinajstić information content (AvgIpc) is 2.94. The van der Waals surface area contributed by atoms with Gasteiger partial charge in [0.05, 0.1) is 16.8 Å². The van der Waals surface area contributed by atoms with E-state index in [0.717, 1.165) is 78.6 Å². The van der Waals surface area contributed by atoms with E-state index in [1.165, 1.54) is 0 Å². The second kappa shape index (κ2) is 10.2. The maximum absolute atomic E-state index is 14.0. The highest BCUT2D eigenvalue weighted by atomic mass is 35.5. The van der Waals surface area contributed by atoms with Crippen LogP contribution >= 0.6 is 11.6 Å². The van der Waals surface area contributed by atoms with Gasteiger partial charge in [-0.1, -0.05) is 17.7 Å². The summed E-state index contributed by atoms with van der Waals surface area (Å²) in [5.41, 5.74) is 5.51. The third-order valence-corrected chi connectivity index (χ3v) is 7.31. The zero-order chi connectivity index (χ0) is 25.3. The summed E-state index contributed by atoms with van der Waals surface area (Å²) < 4.78 is 5.42. The summed E-state index contributed by atoms with van der Waals surface area (Å²) in [5, 5.41) is 7.65. The number of aryl methyl sites for hydroxylation is 1. The van der Waals surface area contributed by atoms with Crippen molar-refractivity contribution in [3.05, 3.63) is 71.0 Å². The first-order valence-electron chi connectivity index (χ1n) is 12.6. The highest BCUT2D eigenvalue weighted by Crippen LogP contribution is 2.46. The van der Waals surface area contributed by atoms with Gasteiger partial charge in [0, 0.05) is 66.1 Å². The van der Waals surface area contributed by atoms with Gasteiger partial charge in [0.25, 0.3) is 0 Å². The van der Waals surface area contributed by atoms with Crippen LogP contribution in [0.1, 0.15) is 37.9 Å². The molecule has 1 aromatic heterocycles. The van der Waals surface area contributed by atoms with Crippen LogP contribution in [0.2, 0.25) is 5.02 Å². The normalized spacial score (nSPS) is 17.3. The van der Waals surface area contributed by atoms with Crippen molar-refractivity contribution in [2.24, 2.45) is 0 Å². The predicted octanol–water partition coefficient (Wildman–Crippen LogP) is 5.85. The number of ether oxygens (including phenoxy) is 1. The first kappa shape index (κ1) is 24.8. The van der Waals surface area contributed by atoms with Crippen LogP contribution in [-0.4, -0.2) is 43.2 Å². The van der Waals surface area contributed by atoms with Crippen molar-refractivity contribution < 1.29 is 9.53 Å². The Kier molecular flexibility index (Phi) is 7.02. The van der Waals surface area contributed by atoms with E-state index in [4.69, 9.17) is 21.3 Å². The Morgan fingerprint density at radius 1 is 1.06 bits per heavy atom. The van der Waals surface area contributed by atoms with E-state index in [-0.39, 0.29) is 5.91 Å². The van der Waals surface area contributed by atoms with Crippen LogP contribution in [0.3, 0.4) is 0 Å². The summed E-state index contributed by atoms with van der Waals surface area (Å²) in [6, 6.07) is 16.4. The average molecular weight is 505 g/mol. The van der Waals surface area contributed by atoms with Crippen molar-refractivity contribution in [1.82, 2.24) is 10.3 Å². The van der Waals surface area contributed by atoms with Crippen molar-refractivity contribution in [3.63, 3.8) is 0 Å². The fourth-order valence-electron chi connectivity index (χ4n) is 5.05. The molecule has 0 spiro atoms. The second-order valence-electron chi connectivity index (χ2n) is 10.2. The molecule has 0 unspecified atom stereocenters. The lowest BCUT2D eigenvalue weighted by molar-refractivity contribution is -0.122. The van der Waals surface area contributed by atoms with E-state index in [9.17, 15) is 4.79 Å². The van der Waals surface area contributed by atoms with Gasteiger partial charge in [-0.3, -0.25) is 14.7 Å². The van der Waals surface area contributed by atoms with Crippen molar-refractivity contribution in [2.45, 2.75) is 45.1 Å². The maximum atomic E-state index is 14.0. The number of nitrogens with zero attached hydrogens (tertiary/aromatic N) is 2. The van der Waals surface area contributed by atoms with Crippen molar-refractivity contribution in [3.8, 4) is 11.1 Å². The molecule has 6 nitrogen and oxygen atoms in total. The van der Waals surface area contributed by atoms with Crippen molar-refractivity contribution in [1.29, 1.82) is 0 Å². The van der Waals surface area contributed by atoms with Crippen LogP contribution in [0.15, 0.2) is 54.7 Å². The van der Waals surface area contributed by atoms with Gasteiger partial charge < -0.3 is 15.4 Å². The standard InChI is InChI=1S/C29H33ClN4O2/c1-19-16-25-24-9-4-20(30)17-26(24)34(28(35)29(2,3)27(25)33-18-19)23-7-5-21(6-8-23)31-12-13-32-22-10-14-36-15-11-22/h4-9,16-18,22,31-32H,10-15H2,1-3H3. The maximum Gasteiger partial charge on any atom is 0.243 e. The molecule has 7 heteroatoms. The number of pyridine rings is 1. The topological polar surface area (TPSA) is 66.5 Å². The molecular formula is C29H33ClN4O2. The van der Waals surface area contributed by atoms with Crippen LogP contribution in [0, 0.1) is 6.92 Å². The number of carbonyl (C=O) groups is 1. The smallest absolute Gasteiger partial charge is 0.243 e. The number of rotatable bonds is 6. The van der Waals surface area contributed by atoms with E-state index < -0.39 is 5.41 Å². The Labute approximate surface area is 218 Å². The molecule has 0 atom stereocenters. The molecule has 5 rings (SSSR count). The summed E-state index contributed by atoms with van der Waals surface area (Å²) in [5.74, 6) is -0.0394. The molecule has 2 aromatic carbocycles. The van der Waals surface area contributed by atoms with Gasteiger partial charge in [0.2, 0.25) is 5.91 Å². The van der Waals surface area contributed by atoms with Crippen molar-refractivity contribution >= 4 is 34.6 Å². The SMILES string of the molecule is Cc1cnc2c(c1)-c1ccc(Cl)cc1N(c1ccc(NCCNC3CCOCC3)cc1)C(=O)C2(C)C. The molecule has 0 saturated carbocycles. The van der Waals surface area contributed by atoms with Crippen LogP contribution < -0.4 is 15.5 Å². The molecule has 2 N–H and O–H groups in total. The molecule has 1 fully saturated rings. The first-order chi connectivity index (χ1) is 17.3.